The number of ether oxygens (including phenoxy) is 3. The van der Waals surface area contributed by atoms with Crippen LogP contribution in [0.4, 0.5) is 0 Å². The fourth-order valence-electron chi connectivity index (χ4n) is 2.92. The Hall–Kier alpha value is -2.87. The number of benzene rings is 1. The van der Waals surface area contributed by atoms with Gasteiger partial charge in [0.25, 0.3) is 5.56 Å². The van der Waals surface area contributed by atoms with Crippen LogP contribution in [0.3, 0.4) is 0 Å². The van der Waals surface area contributed by atoms with Crippen molar-refractivity contribution in [3.8, 4) is 22.6 Å². The van der Waals surface area contributed by atoms with E-state index >= 15 is 0 Å². The number of hydrogen-bond donors (Lipinski definition) is 0. The van der Waals surface area contributed by atoms with E-state index in [1.807, 2.05) is 31.4 Å². The van der Waals surface area contributed by atoms with Crippen molar-refractivity contribution >= 4 is 27.5 Å². The first kappa shape index (κ1) is 20.9. The number of methoxy groups -OCH3 is 2. The first-order chi connectivity index (χ1) is 13.9. The summed E-state index contributed by atoms with van der Waals surface area (Å²) in [5.74, 6) is 0.939. The molecule has 29 heavy (non-hydrogen) atoms. The van der Waals surface area contributed by atoms with Crippen LogP contribution in [0.1, 0.15) is 26.8 Å². The van der Waals surface area contributed by atoms with Crippen LogP contribution < -0.4 is 15.0 Å². The van der Waals surface area contributed by atoms with E-state index in [1.165, 1.54) is 22.2 Å². The van der Waals surface area contributed by atoms with Gasteiger partial charge in [0.2, 0.25) is 0 Å². The Kier molecular flexibility index (Phi) is 6.22. The fourth-order valence-corrected chi connectivity index (χ4v) is 3.83. The van der Waals surface area contributed by atoms with Gasteiger partial charge in [0, 0.05) is 10.9 Å². The third-order valence-electron chi connectivity index (χ3n) is 4.53. The van der Waals surface area contributed by atoms with Crippen molar-refractivity contribution in [2.45, 2.75) is 26.8 Å². The number of aromatic nitrogens is 2. The van der Waals surface area contributed by atoms with E-state index in [-0.39, 0.29) is 11.5 Å². The van der Waals surface area contributed by atoms with Gasteiger partial charge in [-0.1, -0.05) is 19.9 Å². The predicted molar refractivity (Wildman–Crippen MR) is 113 cm³/mol. The second kappa shape index (κ2) is 8.65. The SMILES string of the molecule is COc1ccc(-c2csc3ncn([C@@H](C)C(=O)OCC(C)C)c(=O)c23)cc1OC. The summed E-state index contributed by atoms with van der Waals surface area (Å²) in [6, 6.07) is 4.70. The first-order valence-corrected chi connectivity index (χ1v) is 10.1. The highest BCUT2D eigenvalue weighted by molar-refractivity contribution is 7.17. The second-order valence-electron chi connectivity index (χ2n) is 7.06. The Labute approximate surface area is 172 Å². The minimum atomic E-state index is -0.767. The third kappa shape index (κ3) is 4.12. The van der Waals surface area contributed by atoms with E-state index in [4.69, 9.17) is 14.2 Å². The normalized spacial score (nSPS) is 12.2. The molecule has 2 heterocycles. The number of thiophene rings is 1. The molecule has 0 aliphatic carbocycles. The van der Waals surface area contributed by atoms with Gasteiger partial charge in [-0.05, 0) is 30.5 Å². The van der Waals surface area contributed by atoms with Crippen LogP contribution in [-0.4, -0.2) is 36.3 Å². The molecule has 8 heteroatoms. The van der Waals surface area contributed by atoms with Crippen molar-refractivity contribution in [1.82, 2.24) is 9.55 Å². The molecule has 0 aliphatic rings. The minimum absolute atomic E-state index is 0.219. The fraction of sp³-hybridized carbons (Fsp3) is 0.381. The average molecular weight is 416 g/mol. The van der Waals surface area contributed by atoms with Crippen LogP contribution >= 0.6 is 11.3 Å². The lowest BCUT2D eigenvalue weighted by Crippen LogP contribution is -2.30. The molecule has 0 unspecified atom stereocenters. The summed E-state index contributed by atoms with van der Waals surface area (Å²) >= 11 is 1.38. The highest BCUT2D eigenvalue weighted by atomic mass is 32.1. The summed E-state index contributed by atoms with van der Waals surface area (Å²) in [4.78, 5) is 30.5. The molecule has 154 valence electrons. The molecule has 7 nitrogen and oxygen atoms in total. The van der Waals surface area contributed by atoms with Crippen LogP contribution in [0.2, 0.25) is 0 Å². The molecule has 1 aromatic carbocycles. The Morgan fingerprint density at radius 3 is 2.55 bits per heavy atom. The van der Waals surface area contributed by atoms with E-state index in [0.717, 1.165) is 11.1 Å². The summed E-state index contributed by atoms with van der Waals surface area (Å²) in [6.07, 6.45) is 1.40. The molecule has 0 N–H and O–H groups in total. The summed E-state index contributed by atoms with van der Waals surface area (Å²) in [5, 5.41) is 2.35. The van der Waals surface area contributed by atoms with E-state index in [0.29, 0.717) is 28.3 Å². The van der Waals surface area contributed by atoms with Crippen molar-refractivity contribution in [2.24, 2.45) is 5.92 Å². The van der Waals surface area contributed by atoms with Gasteiger partial charge in [0.15, 0.2) is 11.5 Å². The van der Waals surface area contributed by atoms with Gasteiger partial charge in [-0.2, -0.15) is 0 Å². The van der Waals surface area contributed by atoms with Crippen molar-refractivity contribution < 1.29 is 19.0 Å². The molecular formula is C21H24N2O5S. The lowest BCUT2D eigenvalue weighted by Gasteiger charge is -2.15. The van der Waals surface area contributed by atoms with E-state index in [1.54, 1.807) is 27.2 Å². The zero-order chi connectivity index (χ0) is 21.1. The monoisotopic (exact) mass is 416 g/mol. The molecular weight excluding hydrogens is 392 g/mol. The van der Waals surface area contributed by atoms with Crippen LogP contribution in [0.5, 0.6) is 11.5 Å². The van der Waals surface area contributed by atoms with Crippen LogP contribution in [-0.2, 0) is 9.53 Å². The third-order valence-corrected chi connectivity index (χ3v) is 5.42. The number of carbonyl (C=O) groups is 1. The van der Waals surface area contributed by atoms with Gasteiger partial charge in [0.05, 0.1) is 32.5 Å². The van der Waals surface area contributed by atoms with E-state index in [9.17, 15) is 9.59 Å². The van der Waals surface area contributed by atoms with Crippen LogP contribution in [0, 0.1) is 5.92 Å². The molecule has 0 radical (unpaired) electrons. The zero-order valence-corrected chi connectivity index (χ0v) is 17.9. The maximum Gasteiger partial charge on any atom is 0.329 e. The number of carbonyl (C=O) groups excluding carboxylic acids is 1. The summed E-state index contributed by atoms with van der Waals surface area (Å²) in [7, 11) is 3.13. The lowest BCUT2D eigenvalue weighted by molar-refractivity contribution is -0.148. The zero-order valence-electron chi connectivity index (χ0n) is 17.1. The largest absolute Gasteiger partial charge is 0.493 e. The first-order valence-electron chi connectivity index (χ1n) is 9.24. The number of esters is 1. The summed E-state index contributed by atoms with van der Waals surface area (Å²) in [6.45, 7) is 5.86. The van der Waals surface area contributed by atoms with Crippen molar-refractivity contribution in [2.75, 3.05) is 20.8 Å². The molecule has 0 fully saturated rings. The second-order valence-corrected chi connectivity index (χ2v) is 7.91. The Bertz CT molecular complexity index is 1090. The van der Waals surface area contributed by atoms with Gasteiger partial charge in [-0.25, -0.2) is 9.78 Å². The van der Waals surface area contributed by atoms with Gasteiger partial charge < -0.3 is 14.2 Å². The lowest BCUT2D eigenvalue weighted by atomic mass is 10.1. The molecule has 1 atom stereocenters. The Morgan fingerprint density at radius 2 is 1.90 bits per heavy atom. The van der Waals surface area contributed by atoms with Crippen LogP contribution in [0.15, 0.2) is 34.7 Å². The molecule has 0 saturated heterocycles. The molecule has 0 bridgehead atoms. The Morgan fingerprint density at radius 1 is 1.17 bits per heavy atom. The maximum atomic E-state index is 13.2. The minimum Gasteiger partial charge on any atom is -0.493 e. The molecule has 3 rings (SSSR count). The highest BCUT2D eigenvalue weighted by Gasteiger charge is 2.22. The van der Waals surface area contributed by atoms with E-state index in [2.05, 4.69) is 4.98 Å². The smallest absolute Gasteiger partial charge is 0.329 e. The molecule has 3 aromatic rings. The van der Waals surface area contributed by atoms with Crippen molar-refractivity contribution in [3.05, 3.63) is 40.3 Å². The summed E-state index contributed by atoms with van der Waals surface area (Å²) < 4.78 is 17.3. The van der Waals surface area contributed by atoms with E-state index < -0.39 is 12.0 Å². The molecule has 0 saturated carbocycles. The van der Waals surface area contributed by atoms with Crippen LogP contribution in [0.25, 0.3) is 21.3 Å². The van der Waals surface area contributed by atoms with Gasteiger partial charge in [-0.15, -0.1) is 11.3 Å². The number of nitrogens with zero attached hydrogens (tertiary/aromatic N) is 2. The van der Waals surface area contributed by atoms with Gasteiger partial charge in [0.1, 0.15) is 10.9 Å². The summed E-state index contributed by atoms with van der Waals surface area (Å²) in [5.41, 5.74) is 1.26. The standard InChI is InChI=1S/C21H24N2O5S/c1-12(2)9-28-21(25)13(3)23-11-22-19-18(20(23)24)15(10-29-19)14-6-7-16(26-4)17(8-14)27-5/h6-8,10-13H,9H2,1-5H3/t13-/m0/s1. The number of fused-ring (bicyclic) bond motifs is 1. The number of rotatable bonds is 7. The number of hydrogen-bond acceptors (Lipinski definition) is 7. The topological polar surface area (TPSA) is 79.7 Å². The van der Waals surface area contributed by atoms with Gasteiger partial charge >= 0.3 is 5.97 Å². The molecule has 0 aliphatic heterocycles. The molecule has 0 amide bonds. The molecule has 0 spiro atoms. The maximum absolute atomic E-state index is 13.2. The van der Waals surface area contributed by atoms with Crippen molar-refractivity contribution in [3.63, 3.8) is 0 Å². The average Bonchev–Trinajstić information content (AvgIpc) is 3.16. The van der Waals surface area contributed by atoms with Gasteiger partial charge in [-0.3, -0.25) is 9.36 Å². The quantitative estimate of drug-likeness (QED) is 0.544. The highest BCUT2D eigenvalue weighted by Crippen LogP contribution is 2.36. The Balaban J connectivity index is 2.05. The van der Waals surface area contributed by atoms with Crippen molar-refractivity contribution in [1.29, 1.82) is 0 Å². The predicted octanol–water partition coefficient (Wildman–Crippen LogP) is 3.90. The molecule has 2 aromatic heterocycles.